The number of para-hydroxylation sites is 1. The van der Waals surface area contributed by atoms with Crippen molar-refractivity contribution in [3.05, 3.63) is 60.7 Å². The van der Waals surface area contributed by atoms with E-state index < -0.39 is 5.82 Å². The summed E-state index contributed by atoms with van der Waals surface area (Å²) in [5.74, 6) is -0.690. The molecule has 0 radical (unpaired) electrons. The van der Waals surface area contributed by atoms with Gasteiger partial charge in [-0.05, 0) is 12.1 Å². The molecule has 0 saturated carbocycles. The molecule has 17 heavy (non-hydrogen) atoms. The second-order valence-corrected chi connectivity index (χ2v) is 3.58. The zero-order valence-corrected chi connectivity index (χ0v) is 9.14. The molecule has 4 heteroatoms. The minimum absolute atomic E-state index is 0.162. The molecule has 3 nitrogen and oxygen atoms in total. The number of hydrogen-bond acceptors (Lipinski definition) is 1. The van der Waals surface area contributed by atoms with E-state index >= 15 is 0 Å². The van der Waals surface area contributed by atoms with Gasteiger partial charge in [-0.1, -0.05) is 18.2 Å². The maximum absolute atomic E-state index is 13.3. The molecule has 0 atom stereocenters. The first-order chi connectivity index (χ1) is 8.25. The molecule has 2 rings (SSSR count). The number of hydrogen-bond donors (Lipinski definition) is 1. The molecule has 0 spiro atoms. The summed E-state index contributed by atoms with van der Waals surface area (Å²) in [5, 5.41) is 2.52. The van der Waals surface area contributed by atoms with Crippen LogP contribution in [-0.2, 0) is 11.3 Å². The van der Waals surface area contributed by atoms with E-state index in [9.17, 15) is 9.18 Å². The summed E-state index contributed by atoms with van der Waals surface area (Å²) in [6.07, 6.45) is 3.56. The van der Waals surface area contributed by atoms with Gasteiger partial charge in [0.25, 0.3) is 5.91 Å². The molecular formula is C13H12FN2O+. The molecular weight excluding hydrogens is 219 g/mol. The van der Waals surface area contributed by atoms with Gasteiger partial charge in [-0.2, -0.15) is 4.57 Å². The van der Waals surface area contributed by atoms with E-state index in [2.05, 4.69) is 5.32 Å². The third-order valence-electron chi connectivity index (χ3n) is 2.25. The quantitative estimate of drug-likeness (QED) is 0.802. The van der Waals surface area contributed by atoms with Crippen LogP contribution in [0.25, 0.3) is 0 Å². The van der Waals surface area contributed by atoms with Crippen LogP contribution in [0.3, 0.4) is 0 Å². The molecule has 0 aliphatic heterocycles. The second kappa shape index (κ2) is 5.21. The van der Waals surface area contributed by atoms with Gasteiger partial charge in [-0.25, -0.2) is 4.39 Å². The van der Waals surface area contributed by atoms with E-state index in [-0.39, 0.29) is 18.1 Å². The van der Waals surface area contributed by atoms with Crippen LogP contribution in [0, 0.1) is 5.82 Å². The fourth-order valence-corrected chi connectivity index (χ4v) is 1.46. The van der Waals surface area contributed by atoms with Crippen molar-refractivity contribution in [2.24, 2.45) is 0 Å². The number of benzene rings is 1. The molecule has 2 aromatic rings. The third kappa shape index (κ3) is 3.11. The lowest BCUT2D eigenvalue weighted by Gasteiger charge is -2.03. The Bertz CT molecular complexity index is 514. The Morgan fingerprint density at radius 3 is 2.53 bits per heavy atom. The summed E-state index contributed by atoms with van der Waals surface area (Å²) in [5.41, 5.74) is 0.203. The highest BCUT2D eigenvalue weighted by molar-refractivity contribution is 5.89. The molecule has 0 fully saturated rings. The molecule has 0 aliphatic rings. The van der Waals surface area contributed by atoms with E-state index in [1.54, 1.807) is 29.1 Å². The monoisotopic (exact) mass is 231 g/mol. The van der Waals surface area contributed by atoms with Crippen LogP contribution in [0.1, 0.15) is 0 Å². The van der Waals surface area contributed by atoms with Crippen LogP contribution in [-0.4, -0.2) is 5.91 Å². The predicted molar refractivity (Wildman–Crippen MR) is 61.7 cm³/mol. The number of nitrogens with one attached hydrogen (secondary N) is 1. The molecule has 1 aromatic heterocycles. The molecule has 86 valence electrons. The summed E-state index contributed by atoms with van der Waals surface area (Å²) in [4.78, 5) is 11.6. The van der Waals surface area contributed by atoms with E-state index in [0.29, 0.717) is 0 Å². The lowest BCUT2D eigenvalue weighted by atomic mass is 10.3. The molecule has 1 aromatic carbocycles. The highest BCUT2D eigenvalue weighted by Crippen LogP contribution is 2.11. The van der Waals surface area contributed by atoms with Gasteiger partial charge >= 0.3 is 0 Å². The van der Waals surface area contributed by atoms with Gasteiger partial charge in [0.15, 0.2) is 12.4 Å². The van der Waals surface area contributed by atoms with E-state index in [4.69, 9.17) is 0 Å². The topological polar surface area (TPSA) is 33.0 Å². The third-order valence-corrected chi connectivity index (χ3v) is 2.25. The van der Waals surface area contributed by atoms with Gasteiger partial charge < -0.3 is 5.32 Å². The molecule has 0 unspecified atom stereocenters. The number of nitrogens with zero attached hydrogens (tertiary/aromatic N) is 1. The standard InChI is InChI=1S/C13H11FN2O/c14-11-6-2-3-7-12(11)15-13(17)10-16-8-4-1-5-9-16/h1-9H,10H2/p+1. The normalized spacial score (nSPS) is 9.94. The number of amides is 1. The largest absolute Gasteiger partial charge is 0.318 e. The summed E-state index contributed by atoms with van der Waals surface area (Å²) in [6.45, 7) is 0.162. The molecule has 0 saturated heterocycles. The Kier molecular flexibility index (Phi) is 3.45. The Balaban J connectivity index is 2.01. The zero-order chi connectivity index (χ0) is 12.1. The van der Waals surface area contributed by atoms with Gasteiger partial charge in [0.05, 0.1) is 5.69 Å². The van der Waals surface area contributed by atoms with Crippen molar-refractivity contribution in [3.8, 4) is 0 Å². The van der Waals surface area contributed by atoms with Crippen LogP contribution >= 0.6 is 0 Å². The Hall–Kier alpha value is -2.23. The van der Waals surface area contributed by atoms with Crippen LogP contribution in [0.4, 0.5) is 10.1 Å². The molecule has 0 aliphatic carbocycles. The van der Waals surface area contributed by atoms with Crippen molar-refractivity contribution < 1.29 is 13.8 Å². The number of carbonyl (C=O) groups excluding carboxylic acids is 1. The molecule has 1 N–H and O–H groups in total. The minimum Gasteiger partial charge on any atom is -0.318 e. The lowest BCUT2D eigenvalue weighted by molar-refractivity contribution is -0.684. The van der Waals surface area contributed by atoms with E-state index in [0.717, 1.165) is 0 Å². The number of halogens is 1. The van der Waals surface area contributed by atoms with Crippen molar-refractivity contribution in [2.75, 3.05) is 5.32 Å². The number of anilines is 1. The second-order valence-electron chi connectivity index (χ2n) is 3.58. The summed E-state index contributed by atoms with van der Waals surface area (Å²) < 4.78 is 15.0. The van der Waals surface area contributed by atoms with Crippen molar-refractivity contribution >= 4 is 11.6 Å². The Morgan fingerprint density at radius 1 is 1.12 bits per heavy atom. The minimum atomic E-state index is -0.432. The van der Waals surface area contributed by atoms with Crippen molar-refractivity contribution in [2.45, 2.75) is 6.54 Å². The Labute approximate surface area is 98.5 Å². The Morgan fingerprint density at radius 2 is 1.82 bits per heavy atom. The summed E-state index contributed by atoms with van der Waals surface area (Å²) >= 11 is 0. The molecule has 1 amide bonds. The van der Waals surface area contributed by atoms with E-state index in [1.807, 2.05) is 18.2 Å². The number of carbonyl (C=O) groups is 1. The maximum atomic E-state index is 13.3. The van der Waals surface area contributed by atoms with Gasteiger partial charge in [0.1, 0.15) is 5.82 Å². The smallest absolute Gasteiger partial charge is 0.290 e. The fraction of sp³-hybridized carbons (Fsp3) is 0.0769. The van der Waals surface area contributed by atoms with Gasteiger partial charge in [-0.15, -0.1) is 0 Å². The average molecular weight is 231 g/mol. The first kappa shape index (κ1) is 11.3. The molecule has 0 bridgehead atoms. The fourth-order valence-electron chi connectivity index (χ4n) is 1.46. The van der Waals surface area contributed by atoms with Crippen LogP contribution in [0.2, 0.25) is 0 Å². The van der Waals surface area contributed by atoms with Crippen molar-refractivity contribution in [1.29, 1.82) is 0 Å². The van der Waals surface area contributed by atoms with Crippen molar-refractivity contribution in [3.63, 3.8) is 0 Å². The van der Waals surface area contributed by atoms with Crippen LogP contribution in [0.15, 0.2) is 54.9 Å². The highest BCUT2D eigenvalue weighted by atomic mass is 19.1. The maximum Gasteiger partial charge on any atom is 0.290 e. The highest BCUT2D eigenvalue weighted by Gasteiger charge is 2.10. The first-order valence-corrected chi connectivity index (χ1v) is 5.24. The van der Waals surface area contributed by atoms with Gasteiger partial charge in [0, 0.05) is 12.1 Å². The van der Waals surface area contributed by atoms with Crippen LogP contribution in [0.5, 0.6) is 0 Å². The predicted octanol–water partition coefficient (Wildman–Crippen LogP) is 1.75. The van der Waals surface area contributed by atoms with Crippen molar-refractivity contribution in [1.82, 2.24) is 0 Å². The molecule has 1 heterocycles. The van der Waals surface area contributed by atoms with Crippen LogP contribution < -0.4 is 9.88 Å². The first-order valence-electron chi connectivity index (χ1n) is 5.24. The average Bonchev–Trinajstić information content (AvgIpc) is 2.33. The van der Waals surface area contributed by atoms with Gasteiger partial charge in [0.2, 0.25) is 6.54 Å². The van der Waals surface area contributed by atoms with Gasteiger partial charge in [-0.3, -0.25) is 4.79 Å². The number of pyridine rings is 1. The number of aromatic nitrogens is 1. The SMILES string of the molecule is O=C(C[n+]1ccccc1)Nc1ccccc1F. The lowest BCUT2D eigenvalue weighted by Crippen LogP contribution is -2.39. The van der Waals surface area contributed by atoms with E-state index in [1.165, 1.54) is 12.1 Å². The summed E-state index contributed by atoms with van der Waals surface area (Å²) in [6, 6.07) is 11.6. The number of rotatable bonds is 3. The summed E-state index contributed by atoms with van der Waals surface area (Å²) in [7, 11) is 0. The zero-order valence-electron chi connectivity index (χ0n) is 9.14.